The van der Waals surface area contributed by atoms with Crippen molar-refractivity contribution in [2.75, 3.05) is 20.8 Å². The third-order valence-electron chi connectivity index (χ3n) is 4.35. The first kappa shape index (κ1) is 21.8. The topological polar surface area (TPSA) is 116 Å². The summed E-state index contributed by atoms with van der Waals surface area (Å²) in [5, 5.41) is 9.03. The zero-order valence-corrected chi connectivity index (χ0v) is 17.1. The van der Waals surface area contributed by atoms with Gasteiger partial charge in [0.2, 0.25) is 17.6 Å². The van der Waals surface area contributed by atoms with E-state index in [2.05, 4.69) is 20.8 Å². The molecule has 0 aliphatic carbocycles. The zero-order chi connectivity index (χ0) is 22.4. The van der Waals surface area contributed by atoms with Crippen LogP contribution < -0.4 is 20.1 Å². The van der Waals surface area contributed by atoms with Crippen molar-refractivity contribution in [1.29, 1.82) is 0 Å². The van der Waals surface area contributed by atoms with Gasteiger partial charge in [0.15, 0.2) is 11.5 Å². The Morgan fingerprint density at radius 3 is 2.48 bits per heavy atom. The number of rotatable bonds is 8. The van der Waals surface area contributed by atoms with E-state index < -0.39 is 17.9 Å². The van der Waals surface area contributed by atoms with Crippen LogP contribution in [-0.4, -0.2) is 42.7 Å². The summed E-state index contributed by atoms with van der Waals surface area (Å²) < 4.78 is 28.5. The summed E-state index contributed by atoms with van der Waals surface area (Å²) in [6.07, 6.45) is 0. The van der Waals surface area contributed by atoms with Gasteiger partial charge in [0.1, 0.15) is 11.9 Å². The van der Waals surface area contributed by atoms with Crippen LogP contribution >= 0.6 is 0 Å². The molecular formula is C21H21FN4O5. The van der Waals surface area contributed by atoms with Gasteiger partial charge < -0.3 is 24.6 Å². The van der Waals surface area contributed by atoms with Crippen LogP contribution in [0.2, 0.25) is 0 Å². The van der Waals surface area contributed by atoms with Crippen LogP contribution in [0.4, 0.5) is 4.39 Å². The normalized spacial score (nSPS) is 11.5. The first-order valence-corrected chi connectivity index (χ1v) is 9.30. The Bertz CT molecular complexity index is 1070. The van der Waals surface area contributed by atoms with Crippen LogP contribution in [-0.2, 0) is 4.79 Å². The molecule has 1 heterocycles. The van der Waals surface area contributed by atoms with Crippen molar-refractivity contribution >= 4 is 11.8 Å². The maximum Gasteiger partial charge on any atom is 0.251 e. The molecule has 0 spiro atoms. The largest absolute Gasteiger partial charge is 0.493 e. The summed E-state index contributed by atoms with van der Waals surface area (Å²) in [6.45, 7) is 1.41. The maximum absolute atomic E-state index is 13.0. The lowest BCUT2D eigenvalue weighted by Crippen LogP contribution is -2.38. The van der Waals surface area contributed by atoms with Gasteiger partial charge in [-0.15, -0.1) is 0 Å². The Morgan fingerprint density at radius 1 is 1.10 bits per heavy atom. The Balaban J connectivity index is 1.55. The van der Waals surface area contributed by atoms with Gasteiger partial charge in [-0.1, -0.05) is 5.16 Å². The average Bonchev–Trinajstić information content (AvgIpc) is 3.28. The predicted molar refractivity (Wildman–Crippen MR) is 108 cm³/mol. The number of nitrogens with one attached hydrogen (secondary N) is 2. The third kappa shape index (κ3) is 5.35. The number of hydrogen-bond acceptors (Lipinski definition) is 7. The molecule has 0 fully saturated rings. The molecule has 0 radical (unpaired) electrons. The van der Waals surface area contributed by atoms with E-state index in [-0.39, 0.29) is 24.1 Å². The summed E-state index contributed by atoms with van der Waals surface area (Å²) in [5.41, 5.74) is 0.899. The second kappa shape index (κ2) is 9.70. The summed E-state index contributed by atoms with van der Waals surface area (Å²) in [6, 6.07) is 9.72. The minimum Gasteiger partial charge on any atom is -0.493 e. The molecule has 31 heavy (non-hydrogen) atoms. The van der Waals surface area contributed by atoms with Gasteiger partial charge in [-0.3, -0.25) is 9.59 Å². The van der Waals surface area contributed by atoms with E-state index in [0.717, 1.165) is 0 Å². The van der Waals surface area contributed by atoms with Crippen molar-refractivity contribution in [2.45, 2.75) is 13.0 Å². The van der Waals surface area contributed by atoms with Crippen molar-refractivity contribution in [3.8, 4) is 22.9 Å². The molecule has 162 valence electrons. The highest BCUT2D eigenvalue weighted by Gasteiger charge is 2.18. The Hall–Kier alpha value is -3.95. The van der Waals surface area contributed by atoms with Crippen molar-refractivity contribution in [2.24, 2.45) is 0 Å². The second-order valence-corrected chi connectivity index (χ2v) is 6.50. The highest BCUT2D eigenvalue weighted by atomic mass is 19.1. The highest BCUT2D eigenvalue weighted by Crippen LogP contribution is 2.27. The van der Waals surface area contributed by atoms with Crippen LogP contribution in [0, 0.1) is 5.82 Å². The molecule has 0 aliphatic heterocycles. The average molecular weight is 428 g/mol. The zero-order valence-electron chi connectivity index (χ0n) is 17.1. The van der Waals surface area contributed by atoms with E-state index >= 15 is 0 Å². The van der Waals surface area contributed by atoms with Gasteiger partial charge in [-0.05, 0) is 49.4 Å². The van der Waals surface area contributed by atoms with Gasteiger partial charge in [0.25, 0.3) is 5.91 Å². The first-order valence-electron chi connectivity index (χ1n) is 9.30. The van der Waals surface area contributed by atoms with Crippen molar-refractivity contribution in [3.05, 3.63) is 59.7 Å². The molecule has 2 N–H and O–H groups in total. The number of carbonyl (C=O) groups excluding carboxylic acids is 2. The van der Waals surface area contributed by atoms with E-state index in [1.807, 2.05) is 0 Å². The molecule has 0 aliphatic rings. The molecule has 9 nitrogen and oxygen atoms in total. The number of methoxy groups -OCH3 is 2. The molecule has 2 amide bonds. The molecule has 0 saturated heterocycles. The van der Waals surface area contributed by atoms with Crippen LogP contribution in [0.3, 0.4) is 0 Å². The number of aromatic nitrogens is 2. The van der Waals surface area contributed by atoms with Gasteiger partial charge in [-0.25, -0.2) is 4.39 Å². The minimum absolute atomic E-state index is 0.180. The smallest absolute Gasteiger partial charge is 0.251 e. The molecule has 0 bridgehead atoms. The van der Waals surface area contributed by atoms with Crippen LogP contribution in [0.25, 0.3) is 11.4 Å². The summed E-state index contributed by atoms with van der Waals surface area (Å²) in [7, 11) is 2.96. The molecule has 3 rings (SSSR count). The number of benzene rings is 2. The lowest BCUT2D eigenvalue weighted by molar-refractivity contribution is -0.120. The Morgan fingerprint density at radius 2 is 1.81 bits per heavy atom. The molecule has 10 heteroatoms. The summed E-state index contributed by atoms with van der Waals surface area (Å²) >= 11 is 0. The van der Waals surface area contributed by atoms with Crippen molar-refractivity contribution in [3.63, 3.8) is 0 Å². The van der Waals surface area contributed by atoms with Gasteiger partial charge in [-0.2, -0.15) is 4.98 Å². The van der Waals surface area contributed by atoms with Crippen LogP contribution in [0.1, 0.15) is 29.2 Å². The van der Waals surface area contributed by atoms with E-state index in [9.17, 15) is 14.0 Å². The number of nitrogens with zero attached hydrogens (tertiary/aromatic N) is 2. The van der Waals surface area contributed by atoms with Crippen molar-refractivity contribution in [1.82, 2.24) is 20.8 Å². The fourth-order valence-electron chi connectivity index (χ4n) is 2.72. The first-order chi connectivity index (χ1) is 14.9. The second-order valence-electron chi connectivity index (χ2n) is 6.50. The molecule has 1 atom stereocenters. The predicted octanol–water partition coefficient (Wildman–Crippen LogP) is 2.50. The van der Waals surface area contributed by atoms with Crippen LogP contribution in [0.5, 0.6) is 11.5 Å². The standard InChI is InChI=1S/C21H21FN4O5/c1-12(21-25-19(26-31-21)13-4-7-15(22)8-5-13)24-18(27)11-23-20(28)14-6-9-16(29-2)17(10-14)30-3/h4-10,12H,11H2,1-3H3,(H,23,28)(H,24,27). The molecule has 1 unspecified atom stereocenters. The fourth-order valence-corrected chi connectivity index (χ4v) is 2.72. The number of carbonyl (C=O) groups is 2. The Kier molecular flexibility index (Phi) is 6.81. The van der Waals surface area contributed by atoms with Gasteiger partial charge in [0, 0.05) is 11.1 Å². The van der Waals surface area contributed by atoms with Gasteiger partial charge in [0.05, 0.1) is 20.8 Å². The number of hydrogen-bond donors (Lipinski definition) is 2. The number of ether oxygens (including phenoxy) is 2. The highest BCUT2D eigenvalue weighted by molar-refractivity contribution is 5.97. The minimum atomic E-state index is -0.591. The van der Waals surface area contributed by atoms with Crippen LogP contribution in [0.15, 0.2) is 47.0 Å². The van der Waals surface area contributed by atoms with E-state index in [1.54, 1.807) is 19.1 Å². The molecule has 0 saturated carbocycles. The van der Waals surface area contributed by atoms with E-state index in [4.69, 9.17) is 14.0 Å². The number of amides is 2. The molecule has 1 aromatic heterocycles. The molecular weight excluding hydrogens is 407 g/mol. The quantitative estimate of drug-likeness (QED) is 0.566. The van der Waals surface area contributed by atoms with Gasteiger partial charge >= 0.3 is 0 Å². The fraction of sp³-hybridized carbons (Fsp3) is 0.238. The molecule has 3 aromatic rings. The van der Waals surface area contributed by atoms with Crippen molar-refractivity contribution < 1.29 is 28.0 Å². The number of halogens is 1. The van der Waals surface area contributed by atoms with E-state index in [0.29, 0.717) is 22.6 Å². The Labute approximate surface area is 177 Å². The molecule has 2 aromatic carbocycles. The summed E-state index contributed by atoms with van der Waals surface area (Å²) in [5.74, 6) is 0.0923. The maximum atomic E-state index is 13.0. The lowest BCUT2D eigenvalue weighted by atomic mass is 10.2. The summed E-state index contributed by atoms with van der Waals surface area (Å²) in [4.78, 5) is 28.7. The monoisotopic (exact) mass is 428 g/mol. The van der Waals surface area contributed by atoms with E-state index in [1.165, 1.54) is 44.6 Å². The third-order valence-corrected chi connectivity index (χ3v) is 4.35. The SMILES string of the molecule is COc1ccc(C(=O)NCC(=O)NC(C)c2nc(-c3ccc(F)cc3)no2)cc1OC. The lowest BCUT2D eigenvalue weighted by Gasteiger charge is -2.11.